The zero-order valence-corrected chi connectivity index (χ0v) is 8.71. The van der Waals surface area contributed by atoms with E-state index < -0.39 is 0 Å². The van der Waals surface area contributed by atoms with E-state index in [4.69, 9.17) is 5.73 Å². The minimum absolute atomic E-state index is 0.0700. The van der Waals surface area contributed by atoms with Crippen LogP contribution in [0.15, 0.2) is 0 Å². The minimum atomic E-state index is -0.322. The molecule has 3 N–H and O–H groups in total. The Bertz CT molecular complexity index is 194. The molecule has 0 aromatic rings. The smallest absolute Gasteiger partial charge is 0.307 e. The quantitative estimate of drug-likeness (QED) is 0.577. The lowest BCUT2D eigenvalue weighted by molar-refractivity contribution is -0.140. The number of ether oxygens (including phenoxy) is 1. The fourth-order valence-electron chi connectivity index (χ4n) is 0.945. The maximum atomic E-state index is 11.3. The van der Waals surface area contributed by atoms with E-state index in [0.717, 1.165) is 0 Å². The molecule has 14 heavy (non-hydrogen) atoms. The Labute approximate surface area is 84.0 Å². The lowest BCUT2D eigenvalue weighted by Crippen LogP contribution is -2.32. The van der Waals surface area contributed by atoms with E-state index >= 15 is 0 Å². The molecule has 0 saturated heterocycles. The van der Waals surface area contributed by atoms with Crippen LogP contribution in [0.3, 0.4) is 0 Å². The molecule has 0 rings (SSSR count). The summed E-state index contributed by atoms with van der Waals surface area (Å²) in [5.41, 5.74) is 5.31. The van der Waals surface area contributed by atoms with Gasteiger partial charge in [0.1, 0.15) is 0 Å². The van der Waals surface area contributed by atoms with Crippen molar-refractivity contribution in [3.63, 3.8) is 0 Å². The number of rotatable bonds is 6. The van der Waals surface area contributed by atoms with Gasteiger partial charge in [0.25, 0.3) is 0 Å². The number of nitrogens with two attached hydrogens (primary N) is 1. The van der Waals surface area contributed by atoms with Crippen LogP contribution in [0.2, 0.25) is 0 Å². The van der Waals surface area contributed by atoms with Crippen LogP contribution < -0.4 is 11.1 Å². The number of carbonyl (C=O) groups excluding carboxylic acids is 2. The second-order valence-electron chi connectivity index (χ2n) is 3.10. The third-order valence-electron chi connectivity index (χ3n) is 1.90. The molecule has 0 heterocycles. The molecule has 0 fully saturated rings. The van der Waals surface area contributed by atoms with Crippen molar-refractivity contribution in [1.29, 1.82) is 0 Å². The van der Waals surface area contributed by atoms with E-state index in [1.54, 1.807) is 6.92 Å². The molecule has 82 valence electrons. The van der Waals surface area contributed by atoms with E-state index in [1.807, 2.05) is 0 Å². The van der Waals surface area contributed by atoms with Gasteiger partial charge in [-0.15, -0.1) is 0 Å². The summed E-state index contributed by atoms with van der Waals surface area (Å²) in [4.78, 5) is 22.0. The first-order valence-electron chi connectivity index (χ1n) is 4.66. The van der Waals surface area contributed by atoms with E-state index in [2.05, 4.69) is 10.1 Å². The molecule has 0 aliphatic heterocycles. The third kappa shape index (κ3) is 5.53. The Hall–Kier alpha value is -1.10. The summed E-state index contributed by atoms with van der Waals surface area (Å²) in [6.07, 6.45) is 0.863. The monoisotopic (exact) mass is 202 g/mol. The first-order valence-corrected chi connectivity index (χ1v) is 4.66. The van der Waals surface area contributed by atoms with Gasteiger partial charge in [-0.1, -0.05) is 6.92 Å². The Morgan fingerprint density at radius 1 is 1.50 bits per heavy atom. The van der Waals surface area contributed by atoms with Crippen molar-refractivity contribution in [3.05, 3.63) is 0 Å². The maximum absolute atomic E-state index is 11.3. The fourth-order valence-corrected chi connectivity index (χ4v) is 0.945. The molecular weight excluding hydrogens is 184 g/mol. The molecule has 1 atom stereocenters. The Morgan fingerprint density at radius 2 is 2.14 bits per heavy atom. The van der Waals surface area contributed by atoms with Crippen molar-refractivity contribution < 1.29 is 14.3 Å². The van der Waals surface area contributed by atoms with Gasteiger partial charge in [-0.3, -0.25) is 9.59 Å². The predicted octanol–water partition coefficient (Wildman–Crippen LogP) is -0.349. The highest BCUT2D eigenvalue weighted by molar-refractivity contribution is 5.79. The molecule has 0 aliphatic carbocycles. The summed E-state index contributed by atoms with van der Waals surface area (Å²) in [5.74, 6) is -0.492. The maximum Gasteiger partial charge on any atom is 0.307 e. The van der Waals surface area contributed by atoms with Crippen LogP contribution in [0.25, 0.3) is 0 Å². The second-order valence-corrected chi connectivity index (χ2v) is 3.10. The Morgan fingerprint density at radius 3 is 2.64 bits per heavy atom. The average Bonchev–Trinajstić information content (AvgIpc) is 2.17. The standard InChI is InChI=1S/C9H18N2O3/c1-7(3-5-10)9(13)11-6-4-8(12)14-2/h7H,3-6,10H2,1-2H3,(H,11,13). The lowest BCUT2D eigenvalue weighted by atomic mass is 10.1. The van der Waals surface area contributed by atoms with Crippen molar-refractivity contribution in [2.45, 2.75) is 19.8 Å². The van der Waals surface area contributed by atoms with E-state index in [1.165, 1.54) is 7.11 Å². The summed E-state index contributed by atoms with van der Waals surface area (Å²) in [7, 11) is 1.32. The molecule has 5 heteroatoms. The molecule has 0 radical (unpaired) electrons. The number of esters is 1. The molecule has 0 aliphatic rings. The van der Waals surface area contributed by atoms with Gasteiger partial charge in [-0.05, 0) is 13.0 Å². The highest BCUT2D eigenvalue weighted by Crippen LogP contribution is 1.99. The molecule has 0 bridgehead atoms. The molecule has 0 spiro atoms. The second kappa shape index (κ2) is 7.32. The number of hydrogen-bond donors (Lipinski definition) is 2. The first-order chi connectivity index (χ1) is 6.61. The zero-order chi connectivity index (χ0) is 11.0. The summed E-state index contributed by atoms with van der Waals surface area (Å²) in [5, 5.41) is 2.64. The van der Waals surface area contributed by atoms with Crippen LogP contribution in [0.5, 0.6) is 0 Å². The van der Waals surface area contributed by atoms with Gasteiger partial charge < -0.3 is 15.8 Å². The minimum Gasteiger partial charge on any atom is -0.469 e. The number of carbonyl (C=O) groups is 2. The van der Waals surface area contributed by atoms with Crippen LogP contribution in [-0.2, 0) is 14.3 Å². The molecule has 1 unspecified atom stereocenters. The van der Waals surface area contributed by atoms with E-state index in [-0.39, 0.29) is 24.2 Å². The largest absolute Gasteiger partial charge is 0.469 e. The molecule has 1 amide bonds. The van der Waals surface area contributed by atoms with Crippen molar-refractivity contribution in [2.24, 2.45) is 11.7 Å². The van der Waals surface area contributed by atoms with Crippen molar-refractivity contribution in [3.8, 4) is 0 Å². The molecule has 0 aromatic carbocycles. The van der Waals surface area contributed by atoms with E-state index in [9.17, 15) is 9.59 Å². The lowest BCUT2D eigenvalue weighted by Gasteiger charge is -2.10. The summed E-state index contributed by atoms with van der Waals surface area (Å²) < 4.78 is 4.43. The summed E-state index contributed by atoms with van der Waals surface area (Å²) in [6, 6.07) is 0. The Balaban J connectivity index is 3.58. The van der Waals surface area contributed by atoms with Crippen LogP contribution in [-0.4, -0.2) is 32.1 Å². The molecule has 0 saturated carbocycles. The van der Waals surface area contributed by atoms with Crippen LogP contribution in [0, 0.1) is 5.92 Å². The predicted molar refractivity (Wildman–Crippen MR) is 52.5 cm³/mol. The SMILES string of the molecule is COC(=O)CCNC(=O)C(C)CCN. The van der Waals surface area contributed by atoms with Gasteiger partial charge in [-0.2, -0.15) is 0 Å². The van der Waals surface area contributed by atoms with Gasteiger partial charge in [0, 0.05) is 12.5 Å². The van der Waals surface area contributed by atoms with Crippen LogP contribution >= 0.6 is 0 Å². The van der Waals surface area contributed by atoms with Crippen molar-refractivity contribution in [1.82, 2.24) is 5.32 Å². The topological polar surface area (TPSA) is 81.4 Å². The van der Waals surface area contributed by atoms with E-state index in [0.29, 0.717) is 19.5 Å². The van der Waals surface area contributed by atoms with Gasteiger partial charge >= 0.3 is 5.97 Å². The number of hydrogen-bond acceptors (Lipinski definition) is 4. The summed E-state index contributed by atoms with van der Waals surface area (Å²) in [6.45, 7) is 2.62. The van der Waals surface area contributed by atoms with Gasteiger partial charge in [0.15, 0.2) is 0 Å². The van der Waals surface area contributed by atoms with Gasteiger partial charge in [0.05, 0.1) is 13.5 Å². The fraction of sp³-hybridized carbons (Fsp3) is 0.778. The van der Waals surface area contributed by atoms with Gasteiger partial charge in [0.2, 0.25) is 5.91 Å². The molecule has 0 aromatic heterocycles. The number of nitrogens with one attached hydrogen (secondary N) is 1. The summed E-state index contributed by atoms with van der Waals surface area (Å²) >= 11 is 0. The van der Waals surface area contributed by atoms with Crippen LogP contribution in [0.1, 0.15) is 19.8 Å². The third-order valence-corrected chi connectivity index (χ3v) is 1.90. The van der Waals surface area contributed by atoms with Crippen LogP contribution in [0.4, 0.5) is 0 Å². The van der Waals surface area contributed by atoms with Gasteiger partial charge in [-0.25, -0.2) is 0 Å². The highest BCUT2D eigenvalue weighted by Gasteiger charge is 2.11. The average molecular weight is 202 g/mol. The normalized spacial score (nSPS) is 11.9. The number of methoxy groups -OCH3 is 1. The Kier molecular flexibility index (Phi) is 6.74. The van der Waals surface area contributed by atoms with Crippen molar-refractivity contribution in [2.75, 3.05) is 20.2 Å². The first kappa shape index (κ1) is 12.9. The molecular formula is C9H18N2O3. The highest BCUT2D eigenvalue weighted by atomic mass is 16.5. The van der Waals surface area contributed by atoms with Crippen molar-refractivity contribution >= 4 is 11.9 Å². The molecule has 5 nitrogen and oxygen atoms in total. The number of amides is 1. The zero-order valence-electron chi connectivity index (χ0n) is 8.71.